The molecule has 0 saturated carbocycles. The minimum absolute atomic E-state index is 0.102. The second kappa shape index (κ2) is 8.62. The largest absolute Gasteiger partial charge is 0.462 e. The summed E-state index contributed by atoms with van der Waals surface area (Å²) >= 11 is 0. The second-order valence-electron chi connectivity index (χ2n) is 6.66. The van der Waals surface area contributed by atoms with Crippen LogP contribution in [-0.4, -0.2) is 36.7 Å². The van der Waals surface area contributed by atoms with Crippen LogP contribution in [0.3, 0.4) is 0 Å². The Kier molecular flexibility index (Phi) is 5.57. The molecule has 0 atom stereocenters. The summed E-state index contributed by atoms with van der Waals surface area (Å²) in [5, 5.41) is 8.14. The molecule has 9 heteroatoms. The number of carbonyl (C=O) groups is 1. The third-order valence-electron chi connectivity index (χ3n) is 4.61. The van der Waals surface area contributed by atoms with Gasteiger partial charge < -0.3 is 9.30 Å². The van der Waals surface area contributed by atoms with Gasteiger partial charge in [0.1, 0.15) is 5.69 Å². The van der Waals surface area contributed by atoms with Crippen molar-refractivity contribution in [3.63, 3.8) is 0 Å². The molecule has 9 nitrogen and oxygen atoms in total. The first-order valence-electron chi connectivity index (χ1n) is 9.63. The van der Waals surface area contributed by atoms with Gasteiger partial charge in [-0.2, -0.15) is 0 Å². The van der Waals surface area contributed by atoms with E-state index < -0.39 is 17.1 Å². The molecule has 0 radical (unpaired) electrons. The van der Waals surface area contributed by atoms with E-state index in [2.05, 4.69) is 10.3 Å². The van der Waals surface area contributed by atoms with Crippen molar-refractivity contribution in [3.8, 4) is 11.4 Å². The molecule has 0 aliphatic carbocycles. The third kappa shape index (κ3) is 4.20. The molecule has 0 amide bonds. The van der Waals surface area contributed by atoms with Crippen molar-refractivity contribution < 1.29 is 9.53 Å². The molecule has 0 N–H and O–H groups in total. The van der Waals surface area contributed by atoms with Crippen molar-refractivity contribution in [2.75, 3.05) is 6.61 Å². The molecule has 0 saturated heterocycles. The number of para-hydroxylation sites is 1. The molecule has 0 aliphatic heterocycles. The maximum atomic E-state index is 12.5. The van der Waals surface area contributed by atoms with Crippen LogP contribution in [0, 0.1) is 0 Å². The zero-order valence-corrected chi connectivity index (χ0v) is 16.7. The first kappa shape index (κ1) is 20.0. The van der Waals surface area contributed by atoms with Gasteiger partial charge in [-0.1, -0.05) is 23.4 Å². The number of hydrogen-bond donors (Lipinski definition) is 0. The topological polar surface area (TPSA) is 101 Å². The quantitative estimate of drug-likeness (QED) is 0.350. The Hall–Kier alpha value is -4.27. The summed E-state index contributed by atoms with van der Waals surface area (Å²) in [5.41, 5.74) is 0.966. The van der Waals surface area contributed by atoms with E-state index in [1.54, 1.807) is 74.0 Å². The smallest absolute Gasteiger partial charge is 0.338 e. The van der Waals surface area contributed by atoms with Gasteiger partial charge in [0.15, 0.2) is 0 Å². The maximum Gasteiger partial charge on any atom is 0.338 e. The van der Waals surface area contributed by atoms with Gasteiger partial charge in [-0.15, -0.1) is 5.10 Å². The molecule has 0 aliphatic rings. The molecule has 0 unspecified atom stereocenters. The Morgan fingerprint density at radius 2 is 1.68 bits per heavy atom. The van der Waals surface area contributed by atoms with Crippen molar-refractivity contribution in [2.24, 2.45) is 0 Å². The SMILES string of the molecule is CCOC(=O)c1ccc(-n2cc(Cn3ccn(-c4ccccc4)c(=O)c3=O)nn2)cc1. The zero-order chi connectivity index (χ0) is 21.8. The highest BCUT2D eigenvalue weighted by Crippen LogP contribution is 2.11. The maximum absolute atomic E-state index is 12.5. The summed E-state index contributed by atoms with van der Waals surface area (Å²) in [5.74, 6) is -0.391. The Balaban J connectivity index is 1.54. The summed E-state index contributed by atoms with van der Waals surface area (Å²) in [4.78, 5) is 36.8. The lowest BCUT2D eigenvalue weighted by Crippen LogP contribution is -2.40. The summed E-state index contributed by atoms with van der Waals surface area (Å²) in [6, 6.07) is 15.7. The second-order valence-corrected chi connectivity index (χ2v) is 6.66. The van der Waals surface area contributed by atoms with Crippen LogP contribution in [0.1, 0.15) is 23.0 Å². The number of ether oxygens (including phenoxy) is 1. The average Bonchev–Trinajstić information content (AvgIpc) is 3.26. The van der Waals surface area contributed by atoms with Crippen LogP contribution in [0.5, 0.6) is 0 Å². The molecule has 0 bridgehead atoms. The van der Waals surface area contributed by atoms with E-state index in [1.807, 2.05) is 6.07 Å². The van der Waals surface area contributed by atoms with Crippen LogP contribution in [0.4, 0.5) is 0 Å². The van der Waals surface area contributed by atoms with Crippen molar-refractivity contribution in [2.45, 2.75) is 13.5 Å². The number of benzene rings is 2. The Bertz CT molecular complexity index is 1320. The van der Waals surface area contributed by atoms with Gasteiger partial charge in [0.2, 0.25) is 0 Å². The summed E-state index contributed by atoms with van der Waals surface area (Å²) in [7, 11) is 0. The number of aromatic nitrogens is 5. The predicted molar refractivity (Wildman–Crippen MR) is 113 cm³/mol. The zero-order valence-electron chi connectivity index (χ0n) is 16.7. The van der Waals surface area contributed by atoms with Gasteiger partial charge in [0, 0.05) is 18.1 Å². The third-order valence-corrected chi connectivity index (χ3v) is 4.61. The molecule has 2 aromatic carbocycles. The Morgan fingerprint density at radius 1 is 0.935 bits per heavy atom. The van der Waals surface area contributed by atoms with Crippen LogP contribution < -0.4 is 11.1 Å². The highest BCUT2D eigenvalue weighted by molar-refractivity contribution is 5.89. The van der Waals surface area contributed by atoms with Crippen molar-refractivity contribution in [1.82, 2.24) is 24.1 Å². The van der Waals surface area contributed by atoms with Crippen molar-refractivity contribution in [3.05, 3.63) is 105 Å². The number of hydrogen-bond acceptors (Lipinski definition) is 6. The van der Waals surface area contributed by atoms with E-state index in [4.69, 9.17) is 4.74 Å². The summed E-state index contributed by atoms with van der Waals surface area (Å²) < 4.78 is 9.09. The van der Waals surface area contributed by atoms with E-state index in [0.717, 1.165) is 0 Å². The van der Waals surface area contributed by atoms with E-state index >= 15 is 0 Å². The fourth-order valence-corrected chi connectivity index (χ4v) is 3.06. The number of esters is 1. The van der Waals surface area contributed by atoms with Crippen LogP contribution in [-0.2, 0) is 11.3 Å². The molecule has 4 aromatic rings. The van der Waals surface area contributed by atoms with Gasteiger partial charge in [-0.25, -0.2) is 9.48 Å². The van der Waals surface area contributed by atoms with Gasteiger partial charge in [0.25, 0.3) is 0 Å². The van der Waals surface area contributed by atoms with Crippen LogP contribution in [0.15, 0.2) is 82.8 Å². The normalized spacial score (nSPS) is 10.7. The first-order valence-corrected chi connectivity index (χ1v) is 9.63. The molecule has 0 fully saturated rings. The lowest BCUT2D eigenvalue weighted by atomic mass is 10.2. The lowest BCUT2D eigenvalue weighted by Gasteiger charge is -2.07. The Labute approximate surface area is 176 Å². The lowest BCUT2D eigenvalue weighted by molar-refractivity contribution is 0.0526. The first-order chi connectivity index (χ1) is 15.1. The minimum atomic E-state index is -0.653. The standard InChI is InChI=1S/C22H19N5O4/c1-2-31-22(30)16-8-10-19(11-9-16)27-15-17(23-24-27)14-25-12-13-26(21(29)20(25)28)18-6-4-3-5-7-18/h3-13,15H,2,14H2,1H3. The van der Waals surface area contributed by atoms with Crippen molar-refractivity contribution >= 4 is 5.97 Å². The number of rotatable bonds is 6. The van der Waals surface area contributed by atoms with Gasteiger partial charge in [-0.3, -0.25) is 14.2 Å². The molecular weight excluding hydrogens is 398 g/mol. The van der Waals surface area contributed by atoms with Gasteiger partial charge in [0.05, 0.1) is 30.6 Å². The molecule has 0 spiro atoms. The monoisotopic (exact) mass is 417 g/mol. The Morgan fingerprint density at radius 3 is 2.39 bits per heavy atom. The fourth-order valence-electron chi connectivity index (χ4n) is 3.06. The highest BCUT2D eigenvalue weighted by Gasteiger charge is 2.11. The van der Waals surface area contributed by atoms with E-state index in [-0.39, 0.29) is 6.54 Å². The summed E-state index contributed by atoms with van der Waals surface area (Å²) in [6.07, 6.45) is 4.76. The van der Waals surface area contributed by atoms with E-state index in [0.29, 0.717) is 29.2 Å². The summed E-state index contributed by atoms with van der Waals surface area (Å²) in [6.45, 7) is 2.16. The molecule has 2 heterocycles. The van der Waals surface area contributed by atoms with Gasteiger partial charge >= 0.3 is 17.1 Å². The predicted octanol–water partition coefficient (Wildman–Crippen LogP) is 1.80. The van der Waals surface area contributed by atoms with Crippen molar-refractivity contribution in [1.29, 1.82) is 0 Å². The fraction of sp³-hybridized carbons (Fsp3) is 0.136. The number of carbonyl (C=O) groups excluding carboxylic acids is 1. The van der Waals surface area contributed by atoms with E-state index in [9.17, 15) is 14.4 Å². The molecule has 2 aromatic heterocycles. The number of nitrogens with zero attached hydrogens (tertiary/aromatic N) is 5. The molecule has 4 rings (SSSR count). The van der Waals surface area contributed by atoms with Gasteiger partial charge in [-0.05, 0) is 43.3 Å². The molecular formula is C22H19N5O4. The average molecular weight is 417 g/mol. The van der Waals surface area contributed by atoms with E-state index in [1.165, 1.54) is 13.8 Å². The molecule has 156 valence electrons. The van der Waals surface area contributed by atoms with Crippen LogP contribution >= 0.6 is 0 Å². The minimum Gasteiger partial charge on any atom is -0.462 e. The van der Waals surface area contributed by atoms with Crippen LogP contribution in [0.2, 0.25) is 0 Å². The van der Waals surface area contributed by atoms with Crippen LogP contribution in [0.25, 0.3) is 11.4 Å². The highest BCUT2D eigenvalue weighted by atomic mass is 16.5. The molecule has 31 heavy (non-hydrogen) atoms.